The molecule has 112 valence electrons. The number of hydrogen-bond donors (Lipinski definition) is 3. The second-order valence-electron chi connectivity index (χ2n) is 5.81. The molecule has 2 heterocycles. The van der Waals surface area contributed by atoms with Crippen molar-refractivity contribution in [2.75, 3.05) is 30.9 Å². The predicted molar refractivity (Wildman–Crippen MR) is 82.7 cm³/mol. The van der Waals surface area contributed by atoms with Crippen LogP contribution in [-0.2, 0) is 0 Å². The summed E-state index contributed by atoms with van der Waals surface area (Å²) in [6.45, 7) is 6.25. The normalized spacial score (nSPS) is 20.1. The largest absolute Gasteiger partial charge is 0.368 e. The molecule has 0 amide bonds. The molecule has 1 atom stereocenters. The maximum absolute atomic E-state index is 5.47. The van der Waals surface area contributed by atoms with E-state index in [2.05, 4.69) is 46.5 Å². The monoisotopic (exact) mass is 278 g/mol. The molecular formula is C14H26N6. The highest BCUT2D eigenvalue weighted by molar-refractivity contribution is 5.47. The van der Waals surface area contributed by atoms with Crippen LogP contribution >= 0.6 is 0 Å². The highest BCUT2D eigenvalue weighted by atomic mass is 15.3. The van der Waals surface area contributed by atoms with Gasteiger partial charge >= 0.3 is 0 Å². The van der Waals surface area contributed by atoms with Crippen LogP contribution in [-0.4, -0.2) is 41.0 Å². The second-order valence-corrected chi connectivity index (χ2v) is 5.81. The number of nitrogens with one attached hydrogen (secondary N) is 2. The van der Waals surface area contributed by atoms with Crippen molar-refractivity contribution < 1.29 is 0 Å². The molecule has 4 N–H and O–H groups in total. The zero-order valence-corrected chi connectivity index (χ0v) is 12.7. The van der Waals surface area contributed by atoms with Crippen molar-refractivity contribution in [1.82, 2.24) is 14.9 Å². The van der Waals surface area contributed by atoms with Gasteiger partial charge in [0.15, 0.2) is 0 Å². The van der Waals surface area contributed by atoms with E-state index < -0.39 is 0 Å². The first-order chi connectivity index (χ1) is 9.60. The molecule has 6 heteroatoms. The Morgan fingerprint density at radius 3 is 2.75 bits per heavy atom. The van der Waals surface area contributed by atoms with E-state index in [-0.39, 0.29) is 5.92 Å². The molecule has 0 spiro atoms. The van der Waals surface area contributed by atoms with Crippen LogP contribution in [0.3, 0.4) is 0 Å². The molecule has 0 radical (unpaired) electrons. The van der Waals surface area contributed by atoms with Crippen molar-refractivity contribution in [2.24, 2.45) is 5.84 Å². The van der Waals surface area contributed by atoms with Gasteiger partial charge in [0.25, 0.3) is 0 Å². The second kappa shape index (κ2) is 6.85. The quantitative estimate of drug-likeness (QED) is 0.563. The van der Waals surface area contributed by atoms with E-state index in [9.17, 15) is 0 Å². The molecule has 0 bridgehead atoms. The van der Waals surface area contributed by atoms with Crippen LogP contribution in [0.25, 0.3) is 0 Å². The molecule has 0 aromatic carbocycles. The average Bonchev–Trinajstić information content (AvgIpc) is 2.46. The van der Waals surface area contributed by atoms with Gasteiger partial charge in [-0.05, 0) is 26.4 Å². The molecule has 1 unspecified atom stereocenters. The number of rotatable bonds is 5. The number of likely N-dealkylation sites (tertiary alicyclic amines) is 1. The minimum absolute atomic E-state index is 0.279. The van der Waals surface area contributed by atoms with Gasteiger partial charge in [-0.15, -0.1) is 0 Å². The molecular weight excluding hydrogens is 252 g/mol. The van der Waals surface area contributed by atoms with Crippen LogP contribution in [0, 0.1) is 0 Å². The van der Waals surface area contributed by atoms with E-state index in [0.717, 1.165) is 18.2 Å². The Morgan fingerprint density at radius 2 is 2.10 bits per heavy atom. The van der Waals surface area contributed by atoms with Gasteiger partial charge in [0, 0.05) is 24.6 Å². The van der Waals surface area contributed by atoms with E-state index in [4.69, 9.17) is 5.84 Å². The van der Waals surface area contributed by atoms with E-state index in [1.807, 2.05) is 6.07 Å². The van der Waals surface area contributed by atoms with Gasteiger partial charge in [-0.2, -0.15) is 0 Å². The highest BCUT2D eigenvalue weighted by Gasteiger charge is 2.18. The average molecular weight is 278 g/mol. The zero-order chi connectivity index (χ0) is 14.5. The molecule has 1 saturated heterocycles. The number of hydrazine groups is 1. The van der Waals surface area contributed by atoms with Crippen molar-refractivity contribution in [2.45, 2.75) is 45.1 Å². The van der Waals surface area contributed by atoms with E-state index in [0.29, 0.717) is 11.9 Å². The molecule has 1 fully saturated rings. The molecule has 1 aliphatic rings. The minimum atomic E-state index is 0.279. The third kappa shape index (κ3) is 3.80. The van der Waals surface area contributed by atoms with Crippen molar-refractivity contribution in [3.63, 3.8) is 0 Å². The number of anilines is 2. The van der Waals surface area contributed by atoms with Crippen molar-refractivity contribution in [1.29, 1.82) is 0 Å². The third-order valence-corrected chi connectivity index (χ3v) is 3.85. The first-order valence-corrected chi connectivity index (χ1v) is 7.40. The Labute approximate surface area is 121 Å². The van der Waals surface area contributed by atoms with Crippen LogP contribution in [0.2, 0.25) is 0 Å². The van der Waals surface area contributed by atoms with Crippen molar-refractivity contribution in [3.8, 4) is 0 Å². The van der Waals surface area contributed by atoms with E-state index >= 15 is 0 Å². The van der Waals surface area contributed by atoms with Crippen LogP contribution < -0.4 is 16.6 Å². The number of hydrogen-bond acceptors (Lipinski definition) is 6. The third-order valence-electron chi connectivity index (χ3n) is 3.85. The van der Waals surface area contributed by atoms with Crippen molar-refractivity contribution in [3.05, 3.63) is 11.9 Å². The summed E-state index contributed by atoms with van der Waals surface area (Å²) < 4.78 is 0. The molecule has 20 heavy (non-hydrogen) atoms. The molecule has 1 aromatic rings. The summed E-state index contributed by atoms with van der Waals surface area (Å²) in [6, 6.07) is 2.44. The Bertz CT molecular complexity index is 434. The first kappa shape index (κ1) is 15.0. The van der Waals surface area contributed by atoms with Crippen LogP contribution in [0.15, 0.2) is 6.07 Å². The number of likely N-dealkylation sites (N-methyl/N-ethyl adjacent to an activating group) is 1. The van der Waals surface area contributed by atoms with Crippen LogP contribution in [0.4, 0.5) is 11.6 Å². The molecule has 0 aliphatic carbocycles. The molecule has 1 aromatic heterocycles. The van der Waals surface area contributed by atoms with Gasteiger partial charge < -0.3 is 15.6 Å². The number of nitrogens with zero attached hydrogens (tertiary/aromatic N) is 3. The summed E-state index contributed by atoms with van der Waals surface area (Å²) >= 11 is 0. The molecule has 2 rings (SSSR count). The van der Waals surface area contributed by atoms with Gasteiger partial charge in [-0.1, -0.05) is 20.3 Å². The van der Waals surface area contributed by atoms with Gasteiger partial charge in [0.2, 0.25) is 0 Å². The van der Waals surface area contributed by atoms with E-state index in [1.165, 1.54) is 25.8 Å². The molecule has 6 nitrogen and oxygen atoms in total. The SMILES string of the molecule is CC(C)c1nc(NN)cc(NCC2CCCCN2C)n1. The Morgan fingerprint density at radius 1 is 1.35 bits per heavy atom. The summed E-state index contributed by atoms with van der Waals surface area (Å²) in [5.74, 6) is 8.06. The number of aromatic nitrogens is 2. The lowest BCUT2D eigenvalue weighted by molar-refractivity contribution is 0.194. The summed E-state index contributed by atoms with van der Waals surface area (Å²) in [5, 5.41) is 3.43. The van der Waals surface area contributed by atoms with Gasteiger partial charge in [0.05, 0.1) is 0 Å². The summed E-state index contributed by atoms with van der Waals surface area (Å²) in [7, 11) is 2.19. The van der Waals surface area contributed by atoms with Gasteiger partial charge in [-0.3, -0.25) is 0 Å². The lowest BCUT2D eigenvalue weighted by Gasteiger charge is -2.32. The smallest absolute Gasteiger partial charge is 0.145 e. The zero-order valence-electron chi connectivity index (χ0n) is 12.7. The van der Waals surface area contributed by atoms with Gasteiger partial charge in [-0.25, -0.2) is 15.8 Å². The standard InChI is InChI=1S/C14H26N6/c1-10(2)14-17-12(8-13(18-14)19-15)16-9-11-6-4-5-7-20(11)3/h8,10-11H,4-7,9,15H2,1-3H3,(H2,16,17,18,19). The molecule has 0 saturated carbocycles. The fraction of sp³-hybridized carbons (Fsp3) is 0.714. The Hall–Kier alpha value is -1.40. The topological polar surface area (TPSA) is 79.1 Å². The van der Waals surface area contributed by atoms with Crippen molar-refractivity contribution >= 4 is 11.6 Å². The first-order valence-electron chi connectivity index (χ1n) is 7.40. The fourth-order valence-corrected chi connectivity index (χ4v) is 2.51. The Kier molecular flexibility index (Phi) is 5.14. The number of nitrogens with two attached hydrogens (primary N) is 1. The fourth-order valence-electron chi connectivity index (χ4n) is 2.51. The van der Waals surface area contributed by atoms with Crippen LogP contribution in [0.1, 0.15) is 44.9 Å². The number of nitrogen functional groups attached to an aromatic ring is 1. The summed E-state index contributed by atoms with van der Waals surface area (Å²) in [6.07, 6.45) is 3.86. The van der Waals surface area contributed by atoms with Gasteiger partial charge in [0.1, 0.15) is 17.5 Å². The molecule has 1 aliphatic heterocycles. The van der Waals surface area contributed by atoms with Crippen LogP contribution in [0.5, 0.6) is 0 Å². The highest BCUT2D eigenvalue weighted by Crippen LogP contribution is 2.18. The minimum Gasteiger partial charge on any atom is -0.368 e. The van der Waals surface area contributed by atoms with E-state index in [1.54, 1.807) is 0 Å². The lowest BCUT2D eigenvalue weighted by Crippen LogP contribution is -2.40. The maximum Gasteiger partial charge on any atom is 0.145 e. The Balaban J connectivity index is 2.02. The summed E-state index contributed by atoms with van der Waals surface area (Å²) in [4.78, 5) is 11.3. The number of piperidine rings is 1. The maximum atomic E-state index is 5.47. The lowest BCUT2D eigenvalue weighted by atomic mass is 10.0. The predicted octanol–water partition coefficient (Wildman–Crippen LogP) is 1.78. The summed E-state index contributed by atoms with van der Waals surface area (Å²) in [5.41, 5.74) is 2.61.